The van der Waals surface area contributed by atoms with Gasteiger partial charge >= 0.3 is 0 Å². The fourth-order valence-corrected chi connectivity index (χ4v) is 4.66. The molecule has 2 aromatic rings. The number of carbonyl (C=O) groups excluding carboxylic acids is 1. The van der Waals surface area contributed by atoms with Crippen LogP contribution in [0.1, 0.15) is 49.9 Å². The largest absolute Gasteiger partial charge is 0.506 e. The first-order chi connectivity index (χ1) is 15.0. The number of carbonyl (C=O) groups is 1. The summed E-state index contributed by atoms with van der Waals surface area (Å²) in [6, 6.07) is 3.70. The average Bonchev–Trinajstić information content (AvgIpc) is 2.76. The van der Waals surface area contributed by atoms with Crippen molar-refractivity contribution < 1.29 is 14.6 Å². The number of hydrogen-bond acceptors (Lipinski definition) is 6. The highest BCUT2D eigenvalue weighted by atomic mass is 16.5. The van der Waals surface area contributed by atoms with Crippen molar-refractivity contribution in [3.05, 3.63) is 34.2 Å². The van der Waals surface area contributed by atoms with E-state index in [9.17, 15) is 14.7 Å². The van der Waals surface area contributed by atoms with E-state index >= 15 is 0 Å². The Bertz CT molecular complexity index is 997. The first-order valence-electron chi connectivity index (χ1n) is 11.3. The van der Waals surface area contributed by atoms with Crippen molar-refractivity contribution in [1.29, 1.82) is 0 Å². The van der Waals surface area contributed by atoms with E-state index in [4.69, 9.17) is 4.74 Å². The van der Waals surface area contributed by atoms with Crippen LogP contribution in [-0.4, -0.2) is 63.9 Å². The summed E-state index contributed by atoms with van der Waals surface area (Å²) in [4.78, 5) is 33.0. The zero-order chi connectivity index (χ0) is 22.0. The highest BCUT2D eigenvalue weighted by molar-refractivity contribution is 6.01. The maximum absolute atomic E-state index is 13.4. The predicted octanol–water partition coefficient (Wildman–Crippen LogP) is 2.13. The summed E-state index contributed by atoms with van der Waals surface area (Å²) < 4.78 is 7.02. The van der Waals surface area contributed by atoms with Crippen molar-refractivity contribution in [3.63, 3.8) is 0 Å². The summed E-state index contributed by atoms with van der Waals surface area (Å²) in [7, 11) is 0. The van der Waals surface area contributed by atoms with Crippen LogP contribution >= 0.6 is 0 Å². The number of morpholine rings is 1. The van der Waals surface area contributed by atoms with E-state index in [2.05, 4.69) is 29.0 Å². The van der Waals surface area contributed by atoms with Gasteiger partial charge in [0, 0.05) is 37.9 Å². The van der Waals surface area contributed by atoms with Crippen LogP contribution in [-0.2, 0) is 11.3 Å². The molecule has 2 aliphatic rings. The van der Waals surface area contributed by atoms with E-state index in [0.717, 1.165) is 32.2 Å². The molecule has 1 aliphatic carbocycles. The number of rotatable bonds is 5. The quantitative estimate of drug-likeness (QED) is 0.757. The van der Waals surface area contributed by atoms with Crippen LogP contribution in [0.4, 0.5) is 0 Å². The van der Waals surface area contributed by atoms with Crippen molar-refractivity contribution in [2.24, 2.45) is 5.92 Å². The van der Waals surface area contributed by atoms with E-state index in [-0.39, 0.29) is 23.4 Å². The lowest BCUT2D eigenvalue weighted by molar-refractivity contribution is -0.00163. The Labute approximate surface area is 182 Å². The number of aromatic nitrogens is 2. The van der Waals surface area contributed by atoms with Gasteiger partial charge in [0.15, 0.2) is 0 Å². The van der Waals surface area contributed by atoms with Gasteiger partial charge in [-0.3, -0.25) is 19.1 Å². The first-order valence-corrected chi connectivity index (χ1v) is 11.3. The third-order valence-electron chi connectivity index (χ3n) is 6.69. The van der Waals surface area contributed by atoms with Gasteiger partial charge in [0.05, 0.1) is 18.6 Å². The second-order valence-electron chi connectivity index (χ2n) is 8.95. The molecule has 0 aromatic carbocycles. The number of aromatic hydroxyl groups is 1. The van der Waals surface area contributed by atoms with Gasteiger partial charge in [-0.05, 0) is 50.7 Å². The fraction of sp³-hybridized carbons (Fsp3) is 0.609. The van der Waals surface area contributed by atoms with E-state index < -0.39 is 11.5 Å². The zero-order valence-electron chi connectivity index (χ0n) is 18.3. The number of nitrogens with zero attached hydrogens (tertiary/aromatic N) is 3. The Balaban J connectivity index is 1.64. The van der Waals surface area contributed by atoms with Crippen LogP contribution in [0.3, 0.4) is 0 Å². The average molecular weight is 429 g/mol. The summed E-state index contributed by atoms with van der Waals surface area (Å²) in [6.45, 7) is 7.47. The molecular formula is C23H32N4O4. The van der Waals surface area contributed by atoms with E-state index in [1.807, 2.05) is 0 Å². The van der Waals surface area contributed by atoms with Gasteiger partial charge in [-0.2, -0.15) is 0 Å². The minimum Gasteiger partial charge on any atom is -0.506 e. The van der Waals surface area contributed by atoms with Crippen LogP contribution in [0.25, 0.3) is 11.0 Å². The van der Waals surface area contributed by atoms with Crippen LogP contribution in [0.2, 0.25) is 0 Å². The Kier molecular flexibility index (Phi) is 6.57. The summed E-state index contributed by atoms with van der Waals surface area (Å²) in [5, 5.41) is 14.2. The molecule has 168 valence electrons. The molecule has 1 saturated heterocycles. The van der Waals surface area contributed by atoms with Gasteiger partial charge in [-0.1, -0.05) is 6.92 Å². The lowest BCUT2D eigenvalue weighted by Crippen LogP contribution is -2.46. The maximum Gasteiger partial charge on any atom is 0.268 e. The molecule has 2 aromatic heterocycles. The van der Waals surface area contributed by atoms with Crippen molar-refractivity contribution in [1.82, 2.24) is 19.8 Å². The second kappa shape index (κ2) is 9.36. The van der Waals surface area contributed by atoms with Gasteiger partial charge in [0.1, 0.15) is 17.0 Å². The second-order valence-corrected chi connectivity index (χ2v) is 8.95. The van der Waals surface area contributed by atoms with Crippen LogP contribution in [0.15, 0.2) is 23.1 Å². The molecule has 8 nitrogen and oxygen atoms in total. The Hall–Kier alpha value is -2.45. The lowest BCUT2D eigenvalue weighted by atomic mass is 9.87. The third-order valence-corrected chi connectivity index (χ3v) is 6.69. The predicted molar refractivity (Wildman–Crippen MR) is 118 cm³/mol. The molecule has 4 rings (SSSR count). The third kappa shape index (κ3) is 4.60. The van der Waals surface area contributed by atoms with Crippen LogP contribution < -0.4 is 10.9 Å². The van der Waals surface area contributed by atoms with E-state index in [0.29, 0.717) is 43.3 Å². The molecule has 0 radical (unpaired) electrons. The summed E-state index contributed by atoms with van der Waals surface area (Å²) >= 11 is 0. The van der Waals surface area contributed by atoms with Gasteiger partial charge in [0.25, 0.3) is 11.5 Å². The summed E-state index contributed by atoms with van der Waals surface area (Å²) in [6.07, 6.45) is 5.50. The molecule has 0 bridgehead atoms. The molecule has 3 heterocycles. The van der Waals surface area contributed by atoms with Gasteiger partial charge in [0.2, 0.25) is 0 Å². The number of fused-ring (bicyclic) bond motifs is 1. The molecule has 1 saturated carbocycles. The zero-order valence-corrected chi connectivity index (χ0v) is 18.3. The Morgan fingerprint density at radius 2 is 2.03 bits per heavy atom. The first kappa shape index (κ1) is 21.8. The van der Waals surface area contributed by atoms with Gasteiger partial charge in [-0.15, -0.1) is 0 Å². The van der Waals surface area contributed by atoms with E-state index in [1.54, 1.807) is 18.3 Å². The van der Waals surface area contributed by atoms with Crippen LogP contribution in [0, 0.1) is 5.92 Å². The highest BCUT2D eigenvalue weighted by Gasteiger charge is 2.27. The molecule has 8 heteroatoms. The van der Waals surface area contributed by atoms with Gasteiger partial charge < -0.3 is 15.2 Å². The maximum atomic E-state index is 13.4. The molecule has 1 aliphatic heterocycles. The molecule has 1 atom stereocenters. The monoisotopic (exact) mass is 428 g/mol. The van der Waals surface area contributed by atoms with Crippen molar-refractivity contribution in [2.45, 2.75) is 58.2 Å². The van der Waals surface area contributed by atoms with Crippen molar-refractivity contribution >= 4 is 16.9 Å². The molecule has 2 N–H and O–H groups in total. The molecule has 0 spiro atoms. The Morgan fingerprint density at radius 1 is 1.26 bits per heavy atom. The Morgan fingerprint density at radius 3 is 2.77 bits per heavy atom. The topological polar surface area (TPSA) is 96.7 Å². The number of nitrogens with one attached hydrogen (secondary N) is 1. The normalized spacial score (nSPS) is 24.9. The van der Waals surface area contributed by atoms with Crippen LogP contribution in [0.5, 0.6) is 5.75 Å². The SMILES string of the molecule is C[C@@H]1COCCN1CCn1c(=O)c(C(=O)N[C@H]2CC[C@@H](C)CC2)c(O)c2cccnc21. The van der Waals surface area contributed by atoms with Crippen molar-refractivity contribution in [2.75, 3.05) is 26.3 Å². The standard InChI is InChI=1S/C23H32N4O4/c1-15-5-7-17(8-6-15)25-22(29)19-20(28)18-4-3-9-24-21(18)27(23(19)30)11-10-26-12-13-31-14-16(26)2/h3-4,9,15-17,28H,5-8,10-14H2,1-2H3,(H,25,29)/t15-,16-,17+/m1/s1. The number of pyridine rings is 2. The minimum atomic E-state index is -0.499. The number of ether oxygens (including phenoxy) is 1. The smallest absolute Gasteiger partial charge is 0.268 e. The number of hydrogen-bond donors (Lipinski definition) is 2. The summed E-state index contributed by atoms with van der Waals surface area (Å²) in [5.74, 6) is -0.125. The summed E-state index contributed by atoms with van der Waals surface area (Å²) in [5.41, 5.74) is -0.283. The van der Waals surface area contributed by atoms with E-state index in [1.165, 1.54) is 4.57 Å². The molecular weight excluding hydrogens is 396 g/mol. The molecule has 0 unspecified atom stereocenters. The van der Waals surface area contributed by atoms with Crippen molar-refractivity contribution in [3.8, 4) is 5.75 Å². The molecule has 1 amide bonds. The molecule has 2 fully saturated rings. The number of amides is 1. The minimum absolute atomic E-state index is 0.0368. The highest BCUT2D eigenvalue weighted by Crippen LogP contribution is 2.27. The molecule has 31 heavy (non-hydrogen) atoms. The fourth-order valence-electron chi connectivity index (χ4n) is 4.66. The van der Waals surface area contributed by atoms with Gasteiger partial charge in [-0.25, -0.2) is 4.98 Å². The lowest BCUT2D eigenvalue weighted by Gasteiger charge is -2.33.